The quantitative estimate of drug-likeness (QED) is 0.495. The molecule has 0 bridgehead atoms. The van der Waals surface area contributed by atoms with Crippen molar-refractivity contribution >= 4 is 33.6 Å². The molecule has 0 spiro atoms. The van der Waals surface area contributed by atoms with Gasteiger partial charge in [0.25, 0.3) is 0 Å². The Bertz CT molecular complexity index is 343. The third kappa shape index (κ3) is 5.59. The van der Waals surface area contributed by atoms with Gasteiger partial charge in [-0.25, -0.2) is 0 Å². The third-order valence-corrected chi connectivity index (χ3v) is 4.74. The number of amides is 1. The first kappa shape index (κ1) is 14.6. The van der Waals surface area contributed by atoms with Gasteiger partial charge in [0.2, 0.25) is 5.91 Å². The standard InChI is InChI=1S/C13H18BrNOS/c1-10(2)12(14)13(16)15-8-9-17-11-6-4-3-5-7-11/h3-7,10,12H,8-9H2,1-2H3,(H,15,16). The van der Waals surface area contributed by atoms with Crippen molar-refractivity contribution < 1.29 is 4.79 Å². The lowest BCUT2D eigenvalue weighted by molar-refractivity contribution is -0.120. The summed E-state index contributed by atoms with van der Waals surface area (Å²) in [4.78, 5) is 12.8. The highest BCUT2D eigenvalue weighted by atomic mass is 79.9. The smallest absolute Gasteiger partial charge is 0.234 e. The second kappa shape index (κ2) is 7.77. The molecule has 2 nitrogen and oxygen atoms in total. The third-order valence-electron chi connectivity index (χ3n) is 2.25. The van der Waals surface area contributed by atoms with Gasteiger partial charge in [0.05, 0.1) is 4.83 Å². The Hall–Kier alpha value is -0.480. The summed E-state index contributed by atoms with van der Waals surface area (Å²) in [6.07, 6.45) is 0. The van der Waals surface area contributed by atoms with Crippen molar-refractivity contribution in [2.45, 2.75) is 23.6 Å². The topological polar surface area (TPSA) is 29.1 Å². The maximum Gasteiger partial charge on any atom is 0.234 e. The average molecular weight is 316 g/mol. The van der Waals surface area contributed by atoms with E-state index in [1.165, 1.54) is 4.90 Å². The van der Waals surface area contributed by atoms with E-state index in [9.17, 15) is 4.79 Å². The van der Waals surface area contributed by atoms with Crippen molar-refractivity contribution in [3.8, 4) is 0 Å². The minimum atomic E-state index is -0.0933. The molecule has 0 saturated heterocycles. The maximum absolute atomic E-state index is 11.6. The zero-order chi connectivity index (χ0) is 12.7. The van der Waals surface area contributed by atoms with E-state index >= 15 is 0 Å². The van der Waals surface area contributed by atoms with E-state index in [1.807, 2.05) is 32.0 Å². The first-order valence-corrected chi connectivity index (χ1v) is 7.61. The first-order chi connectivity index (χ1) is 8.11. The van der Waals surface area contributed by atoms with Gasteiger partial charge in [0.1, 0.15) is 0 Å². The highest BCUT2D eigenvalue weighted by Crippen LogP contribution is 2.16. The van der Waals surface area contributed by atoms with Gasteiger partial charge in [-0.3, -0.25) is 4.79 Å². The van der Waals surface area contributed by atoms with Crippen LogP contribution in [0.3, 0.4) is 0 Å². The average Bonchev–Trinajstić information content (AvgIpc) is 2.34. The van der Waals surface area contributed by atoms with Crippen LogP contribution in [0.4, 0.5) is 0 Å². The maximum atomic E-state index is 11.6. The lowest BCUT2D eigenvalue weighted by Gasteiger charge is -2.13. The van der Waals surface area contributed by atoms with Crippen LogP contribution in [0.2, 0.25) is 0 Å². The molecule has 0 aromatic heterocycles. The molecule has 0 heterocycles. The molecule has 4 heteroatoms. The molecule has 1 unspecified atom stereocenters. The van der Waals surface area contributed by atoms with Gasteiger partial charge in [-0.2, -0.15) is 0 Å². The lowest BCUT2D eigenvalue weighted by atomic mass is 10.1. The normalized spacial score (nSPS) is 12.5. The number of thioether (sulfide) groups is 1. The monoisotopic (exact) mass is 315 g/mol. The fourth-order valence-electron chi connectivity index (χ4n) is 1.26. The number of halogens is 1. The van der Waals surface area contributed by atoms with Crippen LogP contribution in [0.15, 0.2) is 35.2 Å². The molecule has 0 aliphatic rings. The summed E-state index contributed by atoms with van der Waals surface area (Å²) in [7, 11) is 0. The molecular formula is C13H18BrNOS. The molecule has 0 radical (unpaired) electrons. The van der Waals surface area contributed by atoms with Gasteiger partial charge in [-0.05, 0) is 18.1 Å². The number of rotatable bonds is 6. The van der Waals surface area contributed by atoms with Crippen molar-refractivity contribution in [1.82, 2.24) is 5.32 Å². The van der Waals surface area contributed by atoms with Crippen LogP contribution < -0.4 is 5.32 Å². The van der Waals surface area contributed by atoms with Crippen LogP contribution in [0, 0.1) is 5.92 Å². The predicted molar refractivity (Wildman–Crippen MR) is 77.7 cm³/mol. The number of carbonyl (C=O) groups is 1. The van der Waals surface area contributed by atoms with Crippen LogP contribution in [0.5, 0.6) is 0 Å². The van der Waals surface area contributed by atoms with Crippen LogP contribution >= 0.6 is 27.7 Å². The van der Waals surface area contributed by atoms with Crippen molar-refractivity contribution in [3.63, 3.8) is 0 Å². The molecule has 1 aromatic carbocycles. The molecule has 94 valence electrons. The minimum absolute atomic E-state index is 0.0775. The van der Waals surface area contributed by atoms with Gasteiger partial charge in [0, 0.05) is 17.2 Å². The molecular weight excluding hydrogens is 298 g/mol. The minimum Gasteiger partial charge on any atom is -0.354 e. The molecule has 1 rings (SSSR count). The van der Waals surface area contributed by atoms with Crippen molar-refractivity contribution in [2.24, 2.45) is 5.92 Å². The fourth-order valence-corrected chi connectivity index (χ4v) is 2.21. The van der Waals surface area contributed by atoms with Crippen molar-refractivity contribution in [2.75, 3.05) is 12.3 Å². The number of nitrogens with one attached hydrogen (secondary N) is 1. The summed E-state index contributed by atoms with van der Waals surface area (Å²) in [5.74, 6) is 1.29. The molecule has 1 aromatic rings. The number of hydrogen-bond donors (Lipinski definition) is 1. The van der Waals surface area contributed by atoms with Crippen LogP contribution in [-0.2, 0) is 4.79 Å². The first-order valence-electron chi connectivity index (χ1n) is 5.71. The number of carbonyl (C=O) groups excluding carboxylic acids is 1. The zero-order valence-corrected chi connectivity index (χ0v) is 12.6. The molecule has 0 aliphatic carbocycles. The highest BCUT2D eigenvalue weighted by molar-refractivity contribution is 9.10. The predicted octanol–water partition coefficient (Wildman–Crippen LogP) is 3.31. The van der Waals surface area contributed by atoms with E-state index < -0.39 is 0 Å². The summed E-state index contributed by atoms with van der Waals surface area (Å²) in [5.41, 5.74) is 0. The van der Waals surface area contributed by atoms with E-state index in [2.05, 4.69) is 33.4 Å². The molecule has 17 heavy (non-hydrogen) atoms. The number of alkyl halides is 1. The molecule has 0 saturated carbocycles. The molecule has 0 fully saturated rings. The summed E-state index contributed by atoms with van der Waals surface area (Å²) >= 11 is 5.14. The van der Waals surface area contributed by atoms with Gasteiger partial charge >= 0.3 is 0 Å². The van der Waals surface area contributed by atoms with Crippen molar-refractivity contribution in [3.05, 3.63) is 30.3 Å². The summed E-state index contributed by atoms with van der Waals surface area (Å²) in [5, 5.41) is 2.93. The molecule has 1 atom stereocenters. The summed E-state index contributed by atoms with van der Waals surface area (Å²) in [6, 6.07) is 10.2. The van der Waals surface area contributed by atoms with Gasteiger partial charge < -0.3 is 5.32 Å². The van der Waals surface area contributed by atoms with Crippen LogP contribution in [0.1, 0.15) is 13.8 Å². The van der Waals surface area contributed by atoms with E-state index in [0.29, 0.717) is 12.5 Å². The lowest BCUT2D eigenvalue weighted by Crippen LogP contribution is -2.35. The highest BCUT2D eigenvalue weighted by Gasteiger charge is 2.17. The Balaban J connectivity index is 2.18. The Morgan fingerprint density at radius 1 is 1.35 bits per heavy atom. The molecule has 0 aliphatic heterocycles. The number of hydrogen-bond acceptors (Lipinski definition) is 2. The van der Waals surface area contributed by atoms with Gasteiger partial charge in [-0.1, -0.05) is 48.0 Å². The number of benzene rings is 1. The molecule has 1 N–H and O–H groups in total. The molecule has 1 amide bonds. The Morgan fingerprint density at radius 2 is 2.00 bits per heavy atom. The van der Waals surface area contributed by atoms with E-state index in [1.54, 1.807) is 11.8 Å². The second-order valence-electron chi connectivity index (χ2n) is 4.10. The fraction of sp³-hybridized carbons (Fsp3) is 0.462. The Kier molecular flexibility index (Phi) is 6.66. The second-order valence-corrected chi connectivity index (χ2v) is 6.25. The van der Waals surface area contributed by atoms with Gasteiger partial charge in [-0.15, -0.1) is 11.8 Å². The largest absolute Gasteiger partial charge is 0.354 e. The van der Waals surface area contributed by atoms with Crippen molar-refractivity contribution in [1.29, 1.82) is 0 Å². The van der Waals surface area contributed by atoms with Gasteiger partial charge in [0.15, 0.2) is 0 Å². The van der Waals surface area contributed by atoms with E-state index in [0.717, 1.165) is 5.75 Å². The van der Waals surface area contributed by atoms with E-state index in [-0.39, 0.29) is 10.7 Å². The summed E-state index contributed by atoms with van der Waals surface area (Å²) in [6.45, 7) is 4.75. The van der Waals surface area contributed by atoms with E-state index in [4.69, 9.17) is 0 Å². The Labute approximate surface area is 116 Å². The zero-order valence-electron chi connectivity index (χ0n) is 10.2. The van der Waals surface area contributed by atoms with Crippen LogP contribution in [0.25, 0.3) is 0 Å². The summed E-state index contributed by atoms with van der Waals surface area (Å²) < 4.78 is 0. The van der Waals surface area contributed by atoms with Crippen LogP contribution in [-0.4, -0.2) is 23.0 Å². The SMILES string of the molecule is CC(C)C(Br)C(=O)NCCSc1ccccc1. The Morgan fingerprint density at radius 3 is 2.59 bits per heavy atom.